The summed E-state index contributed by atoms with van der Waals surface area (Å²) in [5, 5.41) is 0. The average molecular weight is 187 g/mol. The zero-order valence-electron chi connectivity index (χ0n) is 9.01. The van der Waals surface area contributed by atoms with Crippen LogP contribution in [0.2, 0.25) is 0 Å². The third kappa shape index (κ3) is 6.72. The Hall–Kier alpha value is -0.410. The molecule has 0 rings (SSSR count). The molecule has 0 atom stereocenters. The summed E-state index contributed by atoms with van der Waals surface area (Å²) in [5.74, 6) is 0.203. The van der Waals surface area contributed by atoms with Gasteiger partial charge in [0.25, 0.3) is 0 Å². The van der Waals surface area contributed by atoms with Gasteiger partial charge in [0.1, 0.15) is 6.61 Å². The topological polar surface area (TPSA) is 29.5 Å². The Bertz CT molecular complexity index is 133. The molecule has 0 aliphatic carbocycles. The molecule has 0 N–H and O–H groups in total. The van der Waals surface area contributed by atoms with Crippen LogP contribution in [0.5, 0.6) is 0 Å². The van der Waals surface area contributed by atoms with Gasteiger partial charge in [-0.15, -0.1) is 0 Å². The number of nitrogens with zero attached hydrogens (tertiary/aromatic N) is 1. The van der Waals surface area contributed by atoms with Gasteiger partial charge in [0.2, 0.25) is 0 Å². The summed E-state index contributed by atoms with van der Waals surface area (Å²) in [6.07, 6.45) is 0.613. The third-order valence-corrected chi connectivity index (χ3v) is 2.07. The van der Waals surface area contributed by atoms with E-state index in [0.717, 1.165) is 19.6 Å². The van der Waals surface area contributed by atoms with E-state index in [-0.39, 0.29) is 12.4 Å². The zero-order valence-corrected chi connectivity index (χ0v) is 9.01. The standard InChI is InChI=1S/C10H21NO2/c1-4-11(5-2)8-7-10(12)9-13-6-3/h4-9H2,1-3H3. The first-order chi connectivity index (χ1) is 6.24. The quantitative estimate of drug-likeness (QED) is 0.574. The van der Waals surface area contributed by atoms with Crippen molar-refractivity contribution in [3.63, 3.8) is 0 Å². The summed E-state index contributed by atoms with van der Waals surface area (Å²) in [6.45, 7) is 9.90. The SMILES string of the molecule is CCOCC(=O)CCN(CC)CC. The predicted molar refractivity (Wildman–Crippen MR) is 53.9 cm³/mol. The minimum Gasteiger partial charge on any atom is -0.374 e. The summed E-state index contributed by atoms with van der Waals surface area (Å²) in [5.41, 5.74) is 0. The molecule has 0 saturated carbocycles. The molecule has 0 amide bonds. The van der Waals surface area contributed by atoms with E-state index in [2.05, 4.69) is 18.7 Å². The van der Waals surface area contributed by atoms with Crippen molar-refractivity contribution in [1.82, 2.24) is 4.90 Å². The molecule has 0 unspecified atom stereocenters. The van der Waals surface area contributed by atoms with Crippen molar-refractivity contribution in [3.05, 3.63) is 0 Å². The number of carbonyl (C=O) groups excluding carboxylic acids is 1. The summed E-state index contributed by atoms with van der Waals surface area (Å²) >= 11 is 0. The summed E-state index contributed by atoms with van der Waals surface area (Å²) in [4.78, 5) is 13.4. The Labute approximate surface area is 81.1 Å². The predicted octanol–water partition coefficient (Wildman–Crippen LogP) is 1.32. The number of Topliss-reactive ketones (excluding diaryl/α,β-unsaturated/α-hetero) is 1. The van der Waals surface area contributed by atoms with Crippen LogP contribution in [0.3, 0.4) is 0 Å². The first-order valence-electron chi connectivity index (χ1n) is 5.06. The third-order valence-electron chi connectivity index (χ3n) is 2.07. The summed E-state index contributed by atoms with van der Waals surface area (Å²) < 4.78 is 5.03. The van der Waals surface area contributed by atoms with Crippen LogP contribution in [0, 0.1) is 0 Å². The van der Waals surface area contributed by atoms with E-state index < -0.39 is 0 Å². The van der Waals surface area contributed by atoms with E-state index in [0.29, 0.717) is 13.0 Å². The Morgan fingerprint density at radius 3 is 2.31 bits per heavy atom. The second-order valence-electron chi connectivity index (χ2n) is 2.95. The molecule has 0 aromatic rings. The lowest BCUT2D eigenvalue weighted by molar-refractivity contribution is -0.123. The lowest BCUT2D eigenvalue weighted by Gasteiger charge is -2.16. The molecule has 0 bridgehead atoms. The van der Waals surface area contributed by atoms with Crippen molar-refractivity contribution >= 4 is 5.78 Å². The van der Waals surface area contributed by atoms with Crippen molar-refractivity contribution < 1.29 is 9.53 Å². The Kier molecular flexibility index (Phi) is 7.94. The second kappa shape index (κ2) is 8.20. The molecule has 0 aliphatic rings. The molecule has 78 valence electrons. The molecule has 13 heavy (non-hydrogen) atoms. The van der Waals surface area contributed by atoms with E-state index in [1.54, 1.807) is 0 Å². The van der Waals surface area contributed by atoms with Crippen LogP contribution in [0.15, 0.2) is 0 Å². The molecule has 0 saturated heterocycles. The zero-order chi connectivity index (χ0) is 10.1. The molecule has 0 fully saturated rings. The van der Waals surface area contributed by atoms with Crippen molar-refractivity contribution in [1.29, 1.82) is 0 Å². The van der Waals surface area contributed by atoms with Gasteiger partial charge in [0, 0.05) is 19.6 Å². The fourth-order valence-electron chi connectivity index (χ4n) is 1.11. The average Bonchev–Trinajstić information content (AvgIpc) is 2.16. The molecule has 0 spiro atoms. The van der Waals surface area contributed by atoms with Crippen molar-refractivity contribution in [2.24, 2.45) is 0 Å². The monoisotopic (exact) mass is 187 g/mol. The molecule has 0 aromatic carbocycles. The minimum absolute atomic E-state index is 0.203. The fraction of sp³-hybridized carbons (Fsp3) is 0.900. The molecule has 0 aromatic heterocycles. The van der Waals surface area contributed by atoms with Gasteiger partial charge >= 0.3 is 0 Å². The maximum Gasteiger partial charge on any atom is 0.159 e. The highest BCUT2D eigenvalue weighted by molar-refractivity contribution is 5.79. The van der Waals surface area contributed by atoms with Crippen LogP contribution in [0.25, 0.3) is 0 Å². The Morgan fingerprint density at radius 2 is 1.85 bits per heavy atom. The molecular weight excluding hydrogens is 166 g/mol. The van der Waals surface area contributed by atoms with Crippen molar-refractivity contribution in [3.8, 4) is 0 Å². The van der Waals surface area contributed by atoms with E-state index in [1.807, 2.05) is 6.92 Å². The van der Waals surface area contributed by atoms with Crippen LogP contribution in [0.1, 0.15) is 27.2 Å². The summed E-state index contributed by atoms with van der Waals surface area (Å²) in [6, 6.07) is 0. The first-order valence-corrected chi connectivity index (χ1v) is 5.06. The van der Waals surface area contributed by atoms with Gasteiger partial charge < -0.3 is 9.64 Å². The smallest absolute Gasteiger partial charge is 0.159 e. The van der Waals surface area contributed by atoms with Crippen LogP contribution in [-0.4, -0.2) is 43.5 Å². The van der Waals surface area contributed by atoms with Gasteiger partial charge in [-0.05, 0) is 20.0 Å². The fourth-order valence-corrected chi connectivity index (χ4v) is 1.11. The highest BCUT2D eigenvalue weighted by Crippen LogP contribution is 1.92. The molecular formula is C10H21NO2. The van der Waals surface area contributed by atoms with Gasteiger partial charge in [-0.3, -0.25) is 4.79 Å². The molecule has 3 heteroatoms. The lowest BCUT2D eigenvalue weighted by Crippen LogP contribution is -2.26. The van der Waals surface area contributed by atoms with Crippen LogP contribution in [0.4, 0.5) is 0 Å². The maximum absolute atomic E-state index is 11.2. The molecule has 0 aliphatic heterocycles. The first kappa shape index (κ1) is 12.6. The molecule has 0 heterocycles. The highest BCUT2D eigenvalue weighted by Gasteiger charge is 2.04. The van der Waals surface area contributed by atoms with Crippen molar-refractivity contribution in [2.45, 2.75) is 27.2 Å². The van der Waals surface area contributed by atoms with Gasteiger partial charge in [-0.2, -0.15) is 0 Å². The van der Waals surface area contributed by atoms with Crippen LogP contribution in [-0.2, 0) is 9.53 Å². The normalized spacial score (nSPS) is 10.8. The number of hydrogen-bond acceptors (Lipinski definition) is 3. The summed E-state index contributed by atoms with van der Waals surface area (Å²) in [7, 11) is 0. The van der Waals surface area contributed by atoms with Gasteiger partial charge in [0.15, 0.2) is 5.78 Å². The molecule has 3 nitrogen and oxygen atoms in total. The van der Waals surface area contributed by atoms with Gasteiger partial charge in [-0.25, -0.2) is 0 Å². The van der Waals surface area contributed by atoms with Gasteiger partial charge in [0.05, 0.1) is 0 Å². The lowest BCUT2D eigenvalue weighted by atomic mass is 10.3. The molecule has 0 radical (unpaired) electrons. The van der Waals surface area contributed by atoms with Gasteiger partial charge in [-0.1, -0.05) is 13.8 Å². The highest BCUT2D eigenvalue weighted by atomic mass is 16.5. The number of ether oxygens (including phenoxy) is 1. The largest absolute Gasteiger partial charge is 0.374 e. The number of carbonyl (C=O) groups is 1. The van der Waals surface area contributed by atoms with E-state index in [9.17, 15) is 4.79 Å². The van der Waals surface area contributed by atoms with E-state index in [4.69, 9.17) is 4.74 Å². The second-order valence-corrected chi connectivity index (χ2v) is 2.95. The van der Waals surface area contributed by atoms with E-state index >= 15 is 0 Å². The number of hydrogen-bond donors (Lipinski definition) is 0. The maximum atomic E-state index is 11.2. The van der Waals surface area contributed by atoms with Crippen molar-refractivity contribution in [2.75, 3.05) is 32.8 Å². The van der Waals surface area contributed by atoms with Crippen LogP contribution < -0.4 is 0 Å². The number of rotatable bonds is 8. The Balaban J connectivity index is 3.44. The van der Waals surface area contributed by atoms with Crippen LogP contribution >= 0.6 is 0 Å². The minimum atomic E-state index is 0.203. The van der Waals surface area contributed by atoms with E-state index in [1.165, 1.54) is 0 Å². The number of ketones is 1. The Morgan fingerprint density at radius 1 is 1.23 bits per heavy atom.